The summed E-state index contributed by atoms with van der Waals surface area (Å²) in [7, 11) is 0. The van der Waals surface area contributed by atoms with Gasteiger partial charge in [0.1, 0.15) is 0 Å². The Morgan fingerprint density at radius 3 is 2.25 bits per heavy atom. The summed E-state index contributed by atoms with van der Waals surface area (Å²) in [6.07, 6.45) is 0. The second-order valence-corrected chi connectivity index (χ2v) is 6.16. The Balaban J connectivity index is 1.71. The molecule has 1 aliphatic rings. The Hall–Kier alpha value is -2.43. The van der Waals surface area contributed by atoms with Crippen LogP contribution in [-0.4, -0.2) is 40.9 Å². The average Bonchev–Trinajstić information content (AvgIpc) is 3.08. The zero-order chi connectivity index (χ0) is 16.2. The van der Waals surface area contributed by atoms with E-state index in [-0.39, 0.29) is 0 Å². The van der Waals surface area contributed by atoms with E-state index in [9.17, 15) is 0 Å². The molecule has 0 radical (unpaired) electrons. The predicted molar refractivity (Wildman–Crippen MR) is 97.1 cm³/mol. The summed E-state index contributed by atoms with van der Waals surface area (Å²) in [6, 6.07) is 23.0. The van der Waals surface area contributed by atoms with E-state index < -0.39 is 0 Å². The van der Waals surface area contributed by atoms with E-state index in [0.717, 1.165) is 49.7 Å². The Morgan fingerprint density at radius 2 is 1.54 bits per heavy atom. The lowest BCUT2D eigenvalue weighted by Crippen LogP contribution is -2.43. The Bertz CT molecular complexity index is 774. The van der Waals surface area contributed by atoms with Crippen LogP contribution in [0.5, 0.6) is 0 Å². The molecule has 4 nitrogen and oxygen atoms in total. The third-order valence-electron chi connectivity index (χ3n) is 4.45. The van der Waals surface area contributed by atoms with Gasteiger partial charge in [-0.05, 0) is 18.2 Å². The number of hydrogen-bond donors (Lipinski definition) is 1. The minimum Gasteiger partial charge on any atom is -0.314 e. The van der Waals surface area contributed by atoms with Crippen LogP contribution in [0.4, 0.5) is 0 Å². The second kappa shape index (κ2) is 6.99. The second-order valence-electron chi connectivity index (χ2n) is 6.16. The van der Waals surface area contributed by atoms with Gasteiger partial charge in [-0.3, -0.25) is 4.90 Å². The van der Waals surface area contributed by atoms with Gasteiger partial charge in [-0.1, -0.05) is 48.5 Å². The van der Waals surface area contributed by atoms with Crippen molar-refractivity contribution in [3.63, 3.8) is 0 Å². The van der Waals surface area contributed by atoms with E-state index in [2.05, 4.69) is 69.5 Å². The van der Waals surface area contributed by atoms with Crippen molar-refractivity contribution in [1.29, 1.82) is 0 Å². The first kappa shape index (κ1) is 15.1. The third-order valence-corrected chi connectivity index (χ3v) is 4.45. The lowest BCUT2D eigenvalue weighted by molar-refractivity contribution is 0.229. The molecule has 1 N–H and O–H groups in total. The number of aromatic nitrogens is 2. The molecule has 0 amide bonds. The summed E-state index contributed by atoms with van der Waals surface area (Å²) in [5.41, 5.74) is 4.55. The molecule has 0 spiro atoms. The maximum atomic E-state index is 4.89. The van der Waals surface area contributed by atoms with E-state index in [1.165, 1.54) is 5.69 Å². The summed E-state index contributed by atoms with van der Waals surface area (Å²) < 4.78 is 2.09. The van der Waals surface area contributed by atoms with Gasteiger partial charge in [0.15, 0.2) is 0 Å². The maximum absolute atomic E-state index is 4.89. The largest absolute Gasteiger partial charge is 0.314 e. The van der Waals surface area contributed by atoms with Crippen LogP contribution in [0.15, 0.2) is 66.7 Å². The molecule has 122 valence electrons. The minimum absolute atomic E-state index is 0.927. The highest BCUT2D eigenvalue weighted by atomic mass is 15.3. The fourth-order valence-electron chi connectivity index (χ4n) is 3.17. The van der Waals surface area contributed by atoms with Crippen LogP contribution in [0.1, 0.15) is 5.69 Å². The summed E-state index contributed by atoms with van der Waals surface area (Å²) in [6.45, 7) is 5.22. The normalized spacial score (nSPS) is 15.5. The van der Waals surface area contributed by atoms with Gasteiger partial charge >= 0.3 is 0 Å². The molecular formula is C20H22N4. The quantitative estimate of drug-likeness (QED) is 0.803. The van der Waals surface area contributed by atoms with Gasteiger partial charge in [-0.2, -0.15) is 5.10 Å². The van der Waals surface area contributed by atoms with Crippen LogP contribution >= 0.6 is 0 Å². The maximum Gasteiger partial charge on any atom is 0.0931 e. The van der Waals surface area contributed by atoms with Crippen molar-refractivity contribution < 1.29 is 0 Å². The molecule has 0 saturated carbocycles. The molecule has 1 aromatic heterocycles. The molecule has 0 aliphatic carbocycles. The lowest BCUT2D eigenvalue weighted by atomic mass is 10.1. The van der Waals surface area contributed by atoms with E-state index in [1.807, 2.05) is 12.1 Å². The van der Waals surface area contributed by atoms with Crippen molar-refractivity contribution in [2.24, 2.45) is 0 Å². The van der Waals surface area contributed by atoms with Gasteiger partial charge in [0.25, 0.3) is 0 Å². The van der Waals surface area contributed by atoms with Gasteiger partial charge < -0.3 is 5.32 Å². The van der Waals surface area contributed by atoms with E-state index in [0.29, 0.717) is 0 Å². The molecular weight excluding hydrogens is 296 g/mol. The zero-order valence-corrected chi connectivity index (χ0v) is 13.7. The molecule has 2 aromatic carbocycles. The molecule has 4 rings (SSSR count). The Kier molecular flexibility index (Phi) is 4.40. The van der Waals surface area contributed by atoms with Crippen molar-refractivity contribution in [2.45, 2.75) is 6.54 Å². The number of rotatable bonds is 4. The van der Waals surface area contributed by atoms with E-state index >= 15 is 0 Å². The molecule has 1 fully saturated rings. The van der Waals surface area contributed by atoms with Crippen LogP contribution in [0.3, 0.4) is 0 Å². The van der Waals surface area contributed by atoms with Crippen molar-refractivity contribution in [1.82, 2.24) is 20.0 Å². The van der Waals surface area contributed by atoms with Gasteiger partial charge in [0, 0.05) is 38.3 Å². The summed E-state index contributed by atoms with van der Waals surface area (Å²) in [4.78, 5) is 2.49. The molecule has 1 saturated heterocycles. The highest BCUT2D eigenvalue weighted by molar-refractivity contribution is 5.60. The number of benzene rings is 2. The van der Waals surface area contributed by atoms with Crippen molar-refractivity contribution in [2.75, 3.05) is 26.2 Å². The predicted octanol–water partition coefficient (Wildman–Crippen LogP) is 2.94. The first-order valence-corrected chi connectivity index (χ1v) is 8.53. The van der Waals surface area contributed by atoms with Crippen LogP contribution < -0.4 is 5.32 Å². The summed E-state index contributed by atoms with van der Waals surface area (Å²) in [5.74, 6) is 0. The van der Waals surface area contributed by atoms with Gasteiger partial charge in [0.05, 0.1) is 17.1 Å². The fourth-order valence-corrected chi connectivity index (χ4v) is 3.17. The minimum atomic E-state index is 0.927. The molecule has 1 aliphatic heterocycles. The van der Waals surface area contributed by atoms with Gasteiger partial charge in [-0.15, -0.1) is 0 Å². The van der Waals surface area contributed by atoms with Crippen molar-refractivity contribution in [3.05, 3.63) is 72.4 Å². The molecule has 0 atom stereocenters. The number of piperazine rings is 1. The number of hydrogen-bond acceptors (Lipinski definition) is 3. The standard InChI is InChI=1S/C20H22N4/c1-3-7-17(8-4-1)20-15-19(16-23-13-11-21-12-14-23)24(22-20)18-9-5-2-6-10-18/h1-10,15,21H,11-14,16H2. The van der Waals surface area contributed by atoms with Crippen molar-refractivity contribution >= 4 is 0 Å². The summed E-state index contributed by atoms with van der Waals surface area (Å²) >= 11 is 0. The van der Waals surface area contributed by atoms with Gasteiger partial charge in [-0.25, -0.2) is 4.68 Å². The van der Waals surface area contributed by atoms with Gasteiger partial charge in [0.2, 0.25) is 0 Å². The number of nitrogens with one attached hydrogen (secondary N) is 1. The SMILES string of the molecule is c1ccc(-c2cc(CN3CCNCC3)n(-c3ccccc3)n2)cc1. The fraction of sp³-hybridized carbons (Fsp3) is 0.250. The monoisotopic (exact) mass is 318 g/mol. The highest BCUT2D eigenvalue weighted by Crippen LogP contribution is 2.22. The van der Waals surface area contributed by atoms with Crippen LogP contribution in [0.25, 0.3) is 16.9 Å². The zero-order valence-electron chi connectivity index (χ0n) is 13.7. The van der Waals surface area contributed by atoms with Crippen LogP contribution in [-0.2, 0) is 6.54 Å². The molecule has 0 bridgehead atoms. The first-order valence-electron chi connectivity index (χ1n) is 8.53. The molecule has 0 unspecified atom stereocenters. The highest BCUT2D eigenvalue weighted by Gasteiger charge is 2.16. The number of nitrogens with zero attached hydrogens (tertiary/aromatic N) is 3. The number of para-hydroxylation sites is 1. The van der Waals surface area contributed by atoms with Crippen LogP contribution in [0.2, 0.25) is 0 Å². The van der Waals surface area contributed by atoms with Crippen molar-refractivity contribution in [3.8, 4) is 16.9 Å². The smallest absolute Gasteiger partial charge is 0.0931 e. The molecule has 2 heterocycles. The van der Waals surface area contributed by atoms with Crippen LogP contribution in [0, 0.1) is 0 Å². The molecule has 24 heavy (non-hydrogen) atoms. The summed E-state index contributed by atoms with van der Waals surface area (Å²) in [5, 5.41) is 8.30. The lowest BCUT2D eigenvalue weighted by Gasteiger charge is -2.27. The van der Waals surface area contributed by atoms with E-state index in [4.69, 9.17) is 5.10 Å². The molecule has 4 heteroatoms. The van der Waals surface area contributed by atoms with E-state index in [1.54, 1.807) is 0 Å². The molecule has 3 aromatic rings. The Labute approximate surface area is 142 Å². The Morgan fingerprint density at radius 1 is 0.875 bits per heavy atom. The first-order chi connectivity index (χ1) is 11.9. The topological polar surface area (TPSA) is 33.1 Å². The third kappa shape index (κ3) is 3.25. The average molecular weight is 318 g/mol.